The number of morpholine rings is 1. The first-order valence-electron chi connectivity index (χ1n) is 9.71. The molecule has 1 aromatic carbocycles. The standard InChI is InChI=1S/C21H21F2N3O5S/c1-29-9-8-26-19(28)17(12-14-2-4-15(5-3-14)31-21(22)23)32-20(26)16(13-24)18(27)25-6-10-30-11-7-25/h2-5,12,21H,6-11H2,1H3. The van der Waals surface area contributed by atoms with Crippen molar-refractivity contribution in [2.45, 2.75) is 13.2 Å². The average Bonchev–Trinajstić information content (AvgIpc) is 3.09. The summed E-state index contributed by atoms with van der Waals surface area (Å²) in [5.41, 5.74) is 0.0799. The summed E-state index contributed by atoms with van der Waals surface area (Å²) in [4.78, 5) is 27.5. The van der Waals surface area contributed by atoms with Crippen molar-refractivity contribution in [3.63, 3.8) is 0 Å². The Morgan fingerprint density at radius 3 is 2.59 bits per heavy atom. The first kappa shape index (κ1) is 23.6. The highest BCUT2D eigenvalue weighted by atomic mass is 32.1. The van der Waals surface area contributed by atoms with E-state index < -0.39 is 12.5 Å². The predicted molar refractivity (Wildman–Crippen MR) is 113 cm³/mol. The molecule has 2 aromatic rings. The quantitative estimate of drug-likeness (QED) is 0.592. The zero-order chi connectivity index (χ0) is 23.1. The van der Waals surface area contributed by atoms with Gasteiger partial charge in [-0.25, -0.2) is 0 Å². The molecule has 0 aliphatic carbocycles. The van der Waals surface area contributed by atoms with E-state index in [1.807, 2.05) is 6.07 Å². The highest BCUT2D eigenvalue weighted by molar-refractivity contribution is 7.07. The van der Waals surface area contributed by atoms with E-state index in [-0.39, 0.29) is 34.7 Å². The third kappa shape index (κ3) is 5.59. The molecule has 1 fully saturated rings. The van der Waals surface area contributed by atoms with Gasteiger partial charge in [0.1, 0.15) is 16.5 Å². The van der Waals surface area contributed by atoms with Crippen molar-refractivity contribution in [3.8, 4) is 11.8 Å². The number of carbonyl (C=O) groups excluding carboxylic acids is 1. The van der Waals surface area contributed by atoms with Crippen LogP contribution in [0.25, 0.3) is 11.6 Å². The molecule has 1 aliphatic rings. The minimum atomic E-state index is -2.93. The third-order valence-electron chi connectivity index (χ3n) is 4.67. The Morgan fingerprint density at radius 1 is 1.31 bits per heavy atom. The van der Waals surface area contributed by atoms with Crippen molar-refractivity contribution in [1.82, 2.24) is 9.47 Å². The summed E-state index contributed by atoms with van der Waals surface area (Å²) in [5, 5.41) is 9.73. The summed E-state index contributed by atoms with van der Waals surface area (Å²) in [7, 11) is 1.49. The van der Waals surface area contributed by atoms with Gasteiger partial charge in [-0.3, -0.25) is 14.2 Å². The van der Waals surface area contributed by atoms with Gasteiger partial charge >= 0.3 is 6.61 Å². The van der Waals surface area contributed by atoms with E-state index in [1.165, 1.54) is 40.8 Å². The Morgan fingerprint density at radius 2 is 2.00 bits per heavy atom. The maximum atomic E-state index is 13.0. The molecule has 32 heavy (non-hydrogen) atoms. The molecule has 1 aromatic heterocycles. The van der Waals surface area contributed by atoms with Crippen molar-refractivity contribution in [3.05, 3.63) is 49.4 Å². The van der Waals surface area contributed by atoms with E-state index in [1.54, 1.807) is 6.08 Å². The number of benzene rings is 1. The molecule has 11 heteroatoms. The lowest BCUT2D eigenvalue weighted by Crippen LogP contribution is -2.43. The molecule has 0 atom stereocenters. The van der Waals surface area contributed by atoms with E-state index in [0.29, 0.717) is 36.4 Å². The van der Waals surface area contributed by atoms with Crippen LogP contribution >= 0.6 is 11.3 Å². The Labute approximate surface area is 186 Å². The number of methoxy groups -OCH3 is 1. The first-order valence-corrected chi connectivity index (χ1v) is 10.5. The molecule has 0 radical (unpaired) electrons. The summed E-state index contributed by atoms with van der Waals surface area (Å²) >= 11 is 1.02. The van der Waals surface area contributed by atoms with Gasteiger partial charge in [-0.15, -0.1) is 11.3 Å². The lowest BCUT2D eigenvalue weighted by molar-refractivity contribution is -0.128. The number of hydrogen-bond donors (Lipinski definition) is 0. The molecular formula is C21H21F2N3O5S. The lowest BCUT2D eigenvalue weighted by atomic mass is 10.2. The fourth-order valence-corrected chi connectivity index (χ4v) is 4.22. The maximum absolute atomic E-state index is 13.0. The summed E-state index contributed by atoms with van der Waals surface area (Å²) in [5.74, 6) is -0.457. The molecule has 0 unspecified atom stereocenters. The van der Waals surface area contributed by atoms with Gasteiger partial charge in [-0.2, -0.15) is 14.0 Å². The van der Waals surface area contributed by atoms with Crippen LogP contribution in [0.15, 0.2) is 29.1 Å². The zero-order valence-electron chi connectivity index (χ0n) is 17.3. The van der Waals surface area contributed by atoms with Crippen LogP contribution in [0.2, 0.25) is 0 Å². The molecule has 1 amide bonds. The molecule has 0 N–H and O–H groups in total. The average molecular weight is 465 g/mol. The number of carbonyl (C=O) groups is 1. The third-order valence-corrected chi connectivity index (χ3v) is 5.80. The van der Waals surface area contributed by atoms with Gasteiger partial charge in [-0.1, -0.05) is 12.1 Å². The second-order valence-electron chi connectivity index (χ2n) is 6.70. The van der Waals surface area contributed by atoms with E-state index >= 15 is 0 Å². The highest BCUT2D eigenvalue weighted by Gasteiger charge is 2.23. The van der Waals surface area contributed by atoms with Crippen LogP contribution in [0.5, 0.6) is 5.75 Å². The Bertz CT molecular complexity index is 1160. The predicted octanol–water partition coefficient (Wildman–Crippen LogP) is 0.519. The fraction of sp³-hybridized carbons (Fsp3) is 0.381. The minimum absolute atomic E-state index is 0.00210. The monoisotopic (exact) mass is 465 g/mol. The fourth-order valence-electron chi connectivity index (χ4n) is 3.10. The largest absolute Gasteiger partial charge is 0.435 e. The number of thiazole rings is 1. The molecule has 1 saturated heterocycles. The molecular weight excluding hydrogens is 444 g/mol. The Hall–Kier alpha value is -3.07. The number of rotatable bonds is 7. The van der Waals surface area contributed by atoms with Gasteiger partial charge in [0, 0.05) is 20.2 Å². The van der Waals surface area contributed by atoms with Crippen molar-refractivity contribution < 1.29 is 27.8 Å². The van der Waals surface area contributed by atoms with Crippen LogP contribution in [-0.2, 0) is 20.8 Å². The SMILES string of the molecule is COCCn1c(=C(C#N)C(=O)N2CCOCC2)sc(=Cc2ccc(OC(F)F)cc2)c1=O. The van der Waals surface area contributed by atoms with Crippen LogP contribution < -0.4 is 19.5 Å². The summed E-state index contributed by atoms with van der Waals surface area (Å²) in [6.07, 6.45) is 1.57. The number of hydrogen-bond acceptors (Lipinski definition) is 7. The van der Waals surface area contributed by atoms with Crippen molar-refractivity contribution in [2.75, 3.05) is 40.0 Å². The molecule has 0 spiro atoms. The van der Waals surface area contributed by atoms with E-state index in [4.69, 9.17) is 9.47 Å². The molecule has 2 heterocycles. The lowest BCUT2D eigenvalue weighted by Gasteiger charge is -2.26. The topological polar surface area (TPSA) is 93.8 Å². The van der Waals surface area contributed by atoms with Gasteiger partial charge in [0.15, 0.2) is 5.57 Å². The Balaban J connectivity index is 2.08. The molecule has 170 valence electrons. The molecule has 1 aliphatic heterocycles. The van der Waals surface area contributed by atoms with Crippen molar-refractivity contribution in [2.24, 2.45) is 0 Å². The Kier molecular flexibility index (Phi) is 8.10. The number of aromatic nitrogens is 1. The second kappa shape index (κ2) is 11.0. The number of amides is 1. The van der Waals surface area contributed by atoms with E-state index in [9.17, 15) is 23.6 Å². The molecule has 3 rings (SSSR count). The molecule has 8 nitrogen and oxygen atoms in total. The zero-order valence-corrected chi connectivity index (χ0v) is 18.1. The van der Waals surface area contributed by atoms with E-state index in [0.717, 1.165) is 11.3 Å². The number of nitriles is 1. The van der Waals surface area contributed by atoms with Crippen LogP contribution in [0.1, 0.15) is 5.56 Å². The normalized spacial score (nSPS) is 15.6. The first-order chi connectivity index (χ1) is 15.4. The van der Waals surface area contributed by atoms with Crippen LogP contribution in [0.4, 0.5) is 8.78 Å². The summed E-state index contributed by atoms with van der Waals surface area (Å²) in [6.45, 7) is -1.05. The van der Waals surface area contributed by atoms with Gasteiger partial charge < -0.3 is 19.1 Å². The number of halogens is 2. The number of alkyl halides is 2. The van der Waals surface area contributed by atoms with Gasteiger partial charge in [-0.05, 0) is 23.8 Å². The van der Waals surface area contributed by atoms with Crippen molar-refractivity contribution in [1.29, 1.82) is 5.26 Å². The molecule has 0 saturated carbocycles. The second-order valence-corrected chi connectivity index (χ2v) is 7.73. The number of ether oxygens (including phenoxy) is 3. The van der Waals surface area contributed by atoms with Gasteiger partial charge in [0.25, 0.3) is 11.5 Å². The van der Waals surface area contributed by atoms with Crippen molar-refractivity contribution >= 4 is 28.9 Å². The smallest absolute Gasteiger partial charge is 0.387 e. The van der Waals surface area contributed by atoms with Crippen LogP contribution in [0, 0.1) is 11.3 Å². The van der Waals surface area contributed by atoms with E-state index in [2.05, 4.69) is 4.74 Å². The summed E-state index contributed by atoms with van der Waals surface area (Å²) < 4.78 is 41.2. The maximum Gasteiger partial charge on any atom is 0.387 e. The van der Waals surface area contributed by atoms with Crippen LogP contribution in [-0.4, -0.2) is 62.0 Å². The minimum Gasteiger partial charge on any atom is -0.435 e. The number of nitrogens with zero attached hydrogens (tertiary/aromatic N) is 3. The van der Waals surface area contributed by atoms with Gasteiger partial charge in [0.2, 0.25) is 0 Å². The van der Waals surface area contributed by atoms with Crippen LogP contribution in [0.3, 0.4) is 0 Å². The van der Waals surface area contributed by atoms with Gasteiger partial charge in [0.05, 0.1) is 30.9 Å². The molecule has 0 bridgehead atoms. The highest BCUT2D eigenvalue weighted by Crippen LogP contribution is 2.15. The summed E-state index contributed by atoms with van der Waals surface area (Å²) in [6, 6.07) is 7.75.